The first kappa shape index (κ1) is 22.6. The molecule has 7 nitrogen and oxygen atoms in total. The number of ether oxygens (including phenoxy) is 4. The maximum absolute atomic E-state index is 12.4. The molecule has 0 unspecified atom stereocenters. The van der Waals surface area contributed by atoms with Crippen LogP contribution in [0, 0.1) is 0 Å². The number of carbonyl (C=O) groups is 1. The van der Waals surface area contributed by atoms with Gasteiger partial charge in [0.1, 0.15) is 5.75 Å². The fraction of sp³-hybridized carbons (Fsp3) is 0.381. The molecule has 2 rings (SSSR count). The van der Waals surface area contributed by atoms with Crippen molar-refractivity contribution in [1.29, 1.82) is 0 Å². The molecule has 0 aliphatic rings. The molecule has 0 aromatic heterocycles. The van der Waals surface area contributed by atoms with Gasteiger partial charge in [0.25, 0.3) is 0 Å². The van der Waals surface area contributed by atoms with E-state index in [9.17, 15) is 4.79 Å². The molecule has 0 fully saturated rings. The van der Waals surface area contributed by atoms with Gasteiger partial charge in [-0.1, -0.05) is 11.6 Å². The highest BCUT2D eigenvalue weighted by molar-refractivity contribution is 6.30. The van der Waals surface area contributed by atoms with Crippen LogP contribution in [-0.4, -0.2) is 52.8 Å². The number of carbonyl (C=O) groups excluding carboxylic acids is 1. The molecule has 0 aliphatic heterocycles. The Bertz CT molecular complexity index is 819. The van der Waals surface area contributed by atoms with Gasteiger partial charge in [-0.15, -0.1) is 0 Å². The number of nitrogens with zero attached hydrogens (tertiary/aromatic N) is 1. The molecule has 158 valence electrons. The largest absolute Gasteiger partial charge is 0.496 e. The van der Waals surface area contributed by atoms with Gasteiger partial charge in [-0.2, -0.15) is 0 Å². The van der Waals surface area contributed by atoms with E-state index in [-0.39, 0.29) is 5.91 Å². The van der Waals surface area contributed by atoms with Gasteiger partial charge >= 0.3 is 0 Å². The summed E-state index contributed by atoms with van der Waals surface area (Å²) >= 11 is 6.08. The second kappa shape index (κ2) is 10.8. The topological polar surface area (TPSA) is 69.3 Å². The zero-order valence-corrected chi connectivity index (χ0v) is 18.1. The summed E-state index contributed by atoms with van der Waals surface area (Å²) in [5.41, 5.74) is 1.54. The van der Waals surface area contributed by atoms with Gasteiger partial charge in [0.05, 0.1) is 28.4 Å². The van der Waals surface area contributed by atoms with E-state index >= 15 is 0 Å². The van der Waals surface area contributed by atoms with Gasteiger partial charge in [-0.05, 0) is 25.2 Å². The van der Waals surface area contributed by atoms with Crippen molar-refractivity contribution in [3.05, 3.63) is 40.9 Å². The smallest absolute Gasteiger partial charge is 0.225 e. The summed E-state index contributed by atoms with van der Waals surface area (Å²) < 4.78 is 21.3. The van der Waals surface area contributed by atoms with E-state index in [1.807, 2.05) is 24.1 Å². The molecule has 2 aromatic rings. The van der Waals surface area contributed by atoms with Crippen molar-refractivity contribution in [2.24, 2.45) is 0 Å². The monoisotopic (exact) mass is 422 g/mol. The van der Waals surface area contributed by atoms with Crippen LogP contribution in [0.3, 0.4) is 0 Å². The van der Waals surface area contributed by atoms with Crippen molar-refractivity contribution in [2.75, 3.05) is 47.3 Å². The predicted octanol–water partition coefficient (Wildman–Crippen LogP) is 3.84. The first-order valence-electron chi connectivity index (χ1n) is 9.02. The van der Waals surface area contributed by atoms with Crippen molar-refractivity contribution in [3.8, 4) is 23.0 Å². The first-order valence-corrected chi connectivity index (χ1v) is 9.40. The lowest BCUT2D eigenvalue weighted by Crippen LogP contribution is -2.24. The normalized spacial score (nSPS) is 10.6. The Morgan fingerprint density at radius 2 is 1.59 bits per heavy atom. The molecule has 0 bridgehead atoms. The summed E-state index contributed by atoms with van der Waals surface area (Å²) in [6.07, 6.45) is 0.316. The molecule has 0 spiro atoms. The van der Waals surface area contributed by atoms with Gasteiger partial charge in [-0.25, -0.2) is 0 Å². The maximum atomic E-state index is 12.4. The Kier molecular flexibility index (Phi) is 8.42. The van der Waals surface area contributed by atoms with Gasteiger partial charge < -0.3 is 29.2 Å². The van der Waals surface area contributed by atoms with E-state index in [2.05, 4.69) is 5.32 Å². The van der Waals surface area contributed by atoms with Gasteiger partial charge in [-0.3, -0.25) is 4.79 Å². The number of rotatable bonds is 10. The SMILES string of the molecule is COc1ccc(Cl)cc1CN(C)CCC(=O)Nc1cc(OC)c(OC)c(OC)c1. The summed E-state index contributed by atoms with van der Waals surface area (Å²) in [5.74, 6) is 2.08. The molecule has 0 aliphatic carbocycles. The van der Waals surface area contributed by atoms with E-state index in [4.69, 9.17) is 30.5 Å². The number of halogens is 1. The van der Waals surface area contributed by atoms with Crippen LogP contribution >= 0.6 is 11.6 Å². The quantitative estimate of drug-likeness (QED) is 0.627. The second-order valence-electron chi connectivity index (χ2n) is 6.41. The molecule has 0 heterocycles. The van der Waals surface area contributed by atoms with Crippen molar-refractivity contribution in [1.82, 2.24) is 4.90 Å². The molecule has 1 N–H and O–H groups in total. The fourth-order valence-electron chi connectivity index (χ4n) is 2.91. The lowest BCUT2D eigenvalue weighted by Gasteiger charge is -2.19. The number of nitrogens with one attached hydrogen (secondary N) is 1. The third-order valence-electron chi connectivity index (χ3n) is 4.35. The molecule has 0 atom stereocenters. The van der Waals surface area contributed by atoms with Crippen LogP contribution in [0.15, 0.2) is 30.3 Å². The molecular formula is C21H27ClN2O5. The Labute approximate surface area is 176 Å². The highest BCUT2D eigenvalue weighted by atomic mass is 35.5. The first-order chi connectivity index (χ1) is 13.9. The summed E-state index contributed by atoms with van der Waals surface area (Å²) in [6.45, 7) is 1.17. The van der Waals surface area contributed by atoms with Crippen LogP contribution in [-0.2, 0) is 11.3 Å². The average molecular weight is 423 g/mol. The Morgan fingerprint density at radius 3 is 2.14 bits per heavy atom. The van der Waals surface area contributed by atoms with Gasteiger partial charge in [0.15, 0.2) is 11.5 Å². The van der Waals surface area contributed by atoms with Gasteiger partial charge in [0.2, 0.25) is 11.7 Å². The van der Waals surface area contributed by atoms with E-state index in [0.29, 0.717) is 47.5 Å². The van der Waals surface area contributed by atoms with E-state index in [0.717, 1.165) is 11.3 Å². The Balaban J connectivity index is 1.97. The zero-order valence-electron chi connectivity index (χ0n) is 17.4. The zero-order chi connectivity index (χ0) is 21.4. The molecular weight excluding hydrogens is 396 g/mol. The lowest BCUT2D eigenvalue weighted by atomic mass is 10.2. The summed E-state index contributed by atoms with van der Waals surface area (Å²) in [4.78, 5) is 14.4. The molecule has 1 amide bonds. The second-order valence-corrected chi connectivity index (χ2v) is 6.84. The minimum atomic E-state index is -0.121. The molecule has 0 saturated heterocycles. The average Bonchev–Trinajstić information content (AvgIpc) is 2.71. The molecule has 29 heavy (non-hydrogen) atoms. The minimum absolute atomic E-state index is 0.121. The van der Waals surface area contributed by atoms with Crippen LogP contribution in [0.25, 0.3) is 0 Å². The van der Waals surface area contributed by atoms with Crippen LogP contribution in [0.1, 0.15) is 12.0 Å². The highest BCUT2D eigenvalue weighted by Gasteiger charge is 2.15. The highest BCUT2D eigenvalue weighted by Crippen LogP contribution is 2.39. The molecule has 8 heteroatoms. The fourth-order valence-corrected chi connectivity index (χ4v) is 3.10. The number of hydrogen-bond acceptors (Lipinski definition) is 6. The van der Waals surface area contributed by atoms with Crippen molar-refractivity contribution < 1.29 is 23.7 Å². The van der Waals surface area contributed by atoms with E-state index in [1.165, 1.54) is 21.3 Å². The molecule has 0 radical (unpaired) electrons. The van der Waals surface area contributed by atoms with Crippen LogP contribution < -0.4 is 24.3 Å². The van der Waals surface area contributed by atoms with Gasteiger partial charge in [0, 0.05) is 47.9 Å². The number of hydrogen-bond donors (Lipinski definition) is 1. The predicted molar refractivity (Wildman–Crippen MR) is 114 cm³/mol. The molecule has 0 saturated carbocycles. The summed E-state index contributed by atoms with van der Waals surface area (Å²) in [7, 11) is 8.15. The third kappa shape index (κ3) is 6.17. The van der Waals surface area contributed by atoms with Crippen LogP contribution in [0.4, 0.5) is 5.69 Å². The van der Waals surface area contributed by atoms with E-state index < -0.39 is 0 Å². The Morgan fingerprint density at radius 1 is 0.966 bits per heavy atom. The molecule has 2 aromatic carbocycles. The number of anilines is 1. The maximum Gasteiger partial charge on any atom is 0.225 e. The van der Waals surface area contributed by atoms with Crippen molar-refractivity contribution in [2.45, 2.75) is 13.0 Å². The third-order valence-corrected chi connectivity index (χ3v) is 4.59. The number of methoxy groups -OCH3 is 4. The lowest BCUT2D eigenvalue weighted by molar-refractivity contribution is -0.116. The van der Waals surface area contributed by atoms with Crippen molar-refractivity contribution in [3.63, 3.8) is 0 Å². The van der Waals surface area contributed by atoms with Crippen LogP contribution in [0.5, 0.6) is 23.0 Å². The summed E-state index contributed by atoms with van der Waals surface area (Å²) in [6, 6.07) is 8.88. The van der Waals surface area contributed by atoms with E-state index in [1.54, 1.807) is 25.3 Å². The summed E-state index contributed by atoms with van der Waals surface area (Å²) in [5, 5.41) is 3.51. The van der Waals surface area contributed by atoms with Crippen molar-refractivity contribution >= 4 is 23.2 Å². The van der Waals surface area contributed by atoms with Crippen LogP contribution in [0.2, 0.25) is 5.02 Å². The number of amides is 1. The Hall–Kier alpha value is -2.64. The standard InChI is InChI=1S/C21H27ClN2O5/c1-24(13-14-10-15(22)6-7-17(14)26-2)9-8-20(25)23-16-11-18(27-3)21(29-5)19(12-16)28-4/h6-7,10-12H,8-9,13H2,1-5H3,(H,23,25). The minimum Gasteiger partial charge on any atom is -0.496 e. The number of benzene rings is 2.